The maximum atomic E-state index is 13.6. The number of rotatable bonds is 2. The van der Waals surface area contributed by atoms with Crippen molar-refractivity contribution in [2.45, 2.75) is 6.04 Å². The molecule has 0 saturated carbocycles. The fraction of sp³-hybridized carbons (Fsp3) is 0.111. The molecule has 5 aromatic rings. The van der Waals surface area contributed by atoms with Gasteiger partial charge in [-0.05, 0) is 23.8 Å². The summed E-state index contributed by atoms with van der Waals surface area (Å²) in [5.41, 5.74) is 4.49. The Morgan fingerprint density at radius 3 is 2.26 bits per heavy atom. The standard InChI is InChI=1S/C27H22N4O3/c1-29-24-21(26(33)30(2)27(29)34)23(16-10-4-3-5-11-16)31-19-14-8-7-13-18(19)28-22(25(24)31)17-12-6-9-15-20(17)32/h3-15,22,28,32H,1-2H3/t22-/m1/s1. The van der Waals surface area contributed by atoms with Crippen LogP contribution in [0.25, 0.3) is 27.8 Å². The smallest absolute Gasteiger partial charge is 0.331 e. The van der Waals surface area contributed by atoms with Gasteiger partial charge < -0.3 is 15.0 Å². The van der Waals surface area contributed by atoms with E-state index in [1.165, 1.54) is 11.6 Å². The van der Waals surface area contributed by atoms with Crippen molar-refractivity contribution in [3.8, 4) is 22.7 Å². The van der Waals surface area contributed by atoms with Crippen molar-refractivity contribution in [2.24, 2.45) is 14.1 Å². The lowest BCUT2D eigenvalue weighted by Gasteiger charge is -2.31. The molecule has 0 bridgehead atoms. The van der Waals surface area contributed by atoms with Gasteiger partial charge in [-0.2, -0.15) is 0 Å². The van der Waals surface area contributed by atoms with E-state index < -0.39 is 11.7 Å². The van der Waals surface area contributed by atoms with Gasteiger partial charge in [-0.25, -0.2) is 4.79 Å². The number of aromatic hydroxyl groups is 1. The van der Waals surface area contributed by atoms with E-state index in [1.54, 1.807) is 19.2 Å². The molecule has 34 heavy (non-hydrogen) atoms. The third-order valence-corrected chi connectivity index (χ3v) is 6.62. The van der Waals surface area contributed by atoms with Crippen LogP contribution in [0.5, 0.6) is 5.75 Å². The number of anilines is 1. The van der Waals surface area contributed by atoms with Gasteiger partial charge in [0.1, 0.15) is 5.75 Å². The molecule has 3 heterocycles. The van der Waals surface area contributed by atoms with Gasteiger partial charge >= 0.3 is 5.69 Å². The van der Waals surface area contributed by atoms with Crippen molar-refractivity contribution in [1.29, 1.82) is 0 Å². The molecule has 7 heteroatoms. The largest absolute Gasteiger partial charge is 0.508 e. The first-order valence-electron chi connectivity index (χ1n) is 11.0. The van der Waals surface area contributed by atoms with Gasteiger partial charge in [0.15, 0.2) is 0 Å². The number of aromatic nitrogens is 3. The minimum Gasteiger partial charge on any atom is -0.508 e. The topological polar surface area (TPSA) is 81.2 Å². The van der Waals surface area contributed by atoms with E-state index in [1.807, 2.05) is 66.7 Å². The van der Waals surface area contributed by atoms with Crippen LogP contribution in [-0.2, 0) is 14.1 Å². The quantitative estimate of drug-likeness (QED) is 0.427. The first-order chi connectivity index (χ1) is 16.5. The highest BCUT2D eigenvalue weighted by atomic mass is 16.3. The van der Waals surface area contributed by atoms with Crippen LogP contribution in [0.2, 0.25) is 0 Å². The SMILES string of the molecule is Cn1c(=O)c2c(-c3ccccc3)n3c(c2n(C)c1=O)[C@@H](c1ccccc1O)Nc1ccccc1-3. The molecule has 6 rings (SSSR count). The zero-order valence-electron chi connectivity index (χ0n) is 18.7. The number of fused-ring (bicyclic) bond motifs is 5. The monoisotopic (exact) mass is 450 g/mol. The van der Waals surface area contributed by atoms with Gasteiger partial charge in [0.25, 0.3) is 5.56 Å². The van der Waals surface area contributed by atoms with Crippen molar-refractivity contribution in [1.82, 2.24) is 13.7 Å². The summed E-state index contributed by atoms with van der Waals surface area (Å²) in [6.45, 7) is 0. The third kappa shape index (κ3) is 2.64. The molecule has 0 unspecified atom stereocenters. The molecule has 0 saturated heterocycles. The molecular weight excluding hydrogens is 428 g/mol. The predicted molar refractivity (Wildman–Crippen MR) is 133 cm³/mol. The molecular formula is C27H22N4O3. The molecule has 7 nitrogen and oxygen atoms in total. The Hall–Kier alpha value is -4.52. The van der Waals surface area contributed by atoms with Crippen LogP contribution in [0.3, 0.4) is 0 Å². The maximum absolute atomic E-state index is 13.6. The number of hydrogen-bond donors (Lipinski definition) is 2. The lowest BCUT2D eigenvalue weighted by Crippen LogP contribution is -2.37. The van der Waals surface area contributed by atoms with Gasteiger partial charge in [-0.3, -0.25) is 13.9 Å². The zero-order valence-corrected chi connectivity index (χ0v) is 18.7. The molecule has 2 aromatic heterocycles. The minimum atomic E-state index is -0.492. The molecule has 2 N–H and O–H groups in total. The Kier molecular flexibility index (Phi) is 4.29. The summed E-state index contributed by atoms with van der Waals surface area (Å²) in [7, 11) is 3.18. The number of benzene rings is 3. The van der Waals surface area contributed by atoms with Crippen molar-refractivity contribution in [2.75, 3.05) is 5.32 Å². The highest BCUT2D eigenvalue weighted by Crippen LogP contribution is 2.46. The van der Waals surface area contributed by atoms with E-state index in [-0.39, 0.29) is 11.3 Å². The van der Waals surface area contributed by atoms with Crippen LogP contribution in [0.1, 0.15) is 17.3 Å². The zero-order chi connectivity index (χ0) is 23.6. The highest BCUT2D eigenvalue weighted by molar-refractivity contribution is 5.99. The summed E-state index contributed by atoms with van der Waals surface area (Å²) in [6, 6.07) is 24.2. The normalized spacial score (nSPS) is 14.5. The second kappa shape index (κ2) is 7.25. The van der Waals surface area contributed by atoms with E-state index >= 15 is 0 Å². The molecule has 0 spiro atoms. The first kappa shape index (κ1) is 20.1. The van der Waals surface area contributed by atoms with E-state index in [0.29, 0.717) is 16.5 Å². The van der Waals surface area contributed by atoms with Crippen molar-refractivity contribution in [3.05, 3.63) is 111 Å². The number of phenolic OH excluding ortho intramolecular Hbond substituents is 1. The minimum absolute atomic E-state index is 0.135. The fourth-order valence-electron chi connectivity index (χ4n) is 5.05. The Morgan fingerprint density at radius 2 is 1.50 bits per heavy atom. The number of aryl methyl sites for hydroxylation is 1. The molecule has 168 valence electrons. The second-order valence-corrected chi connectivity index (χ2v) is 8.52. The van der Waals surface area contributed by atoms with Gasteiger partial charge in [-0.1, -0.05) is 60.7 Å². The molecule has 0 aliphatic carbocycles. The van der Waals surface area contributed by atoms with E-state index in [0.717, 1.165) is 32.9 Å². The lowest BCUT2D eigenvalue weighted by atomic mass is 9.98. The van der Waals surface area contributed by atoms with Crippen LogP contribution in [0.4, 0.5) is 5.69 Å². The highest BCUT2D eigenvalue weighted by Gasteiger charge is 2.35. The Bertz CT molecular complexity index is 1710. The molecule has 1 aliphatic heterocycles. The van der Waals surface area contributed by atoms with Crippen LogP contribution in [0, 0.1) is 0 Å². The van der Waals surface area contributed by atoms with Crippen molar-refractivity contribution in [3.63, 3.8) is 0 Å². The Morgan fingerprint density at radius 1 is 0.824 bits per heavy atom. The number of nitrogens with one attached hydrogen (secondary N) is 1. The predicted octanol–water partition coefficient (Wildman–Crippen LogP) is 3.92. The first-order valence-corrected chi connectivity index (χ1v) is 11.0. The molecule has 0 radical (unpaired) electrons. The van der Waals surface area contributed by atoms with Crippen LogP contribution in [0.15, 0.2) is 88.5 Å². The van der Waals surface area contributed by atoms with Crippen LogP contribution >= 0.6 is 0 Å². The summed E-state index contributed by atoms with van der Waals surface area (Å²) >= 11 is 0. The lowest BCUT2D eigenvalue weighted by molar-refractivity contribution is 0.465. The molecule has 1 aliphatic rings. The molecule has 0 fully saturated rings. The van der Waals surface area contributed by atoms with Crippen molar-refractivity contribution >= 4 is 16.6 Å². The molecule has 0 amide bonds. The number of para-hydroxylation sites is 3. The van der Waals surface area contributed by atoms with E-state index in [4.69, 9.17) is 0 Å². The average Bonchev–Trinajstić information content (AvgIpc) is 3.23. The Labute approximate surface area is 194 Å². The number of hydrogen-bond acceptors (Lipinski definition) is 4. The molecule has 1 atom stereocenters. The number of phenols is 1. The number of nitrogens with zero attached hydrogens (tertiary/aromatic N) is 3. The summed E-state index contributed by atoms with van der Waals surface area (Å²) in [4.78, 5) is 26.6. The van der Waals surface area contributed by atoms with Gasteiger partial charge in [0.2, 0.25) is 0 Å². The maximum Gasteiger partial charge on any atom is 0.331 e. The van der Waals surface area contributed by atoms with Crippen LogP contribution < -0.4 is 16.6 Å². The van der Waals surface area contributed by atoms with Gasteiger partial charge in [-0.15, -0.1) is 0 Å². The molecule has 3 aromatic carbocycles. The summed E-state index contributed by atoms with van der Waals surface area (Å²) in [6.07, 6.45) is 0. The summed E-state index contributed by atoms with van der Waals surface area (Å²) in [5, 5.41) is 14.8. The van der Waals surface area contributed by atoms with Crippen molar-refractivity contribution < 1.29 is 5.11 Å². The average molecular weight is 450 g/mol. The van der Waals surface area contributed by atoms with Crippen LogP contribution in [-0.4, -0.2) is 18.8 Å². The van der Waals surface area contributed by atoms with E-state index in [2.05, 4.69) is 9.88 Å². The Balaban J connectivity index is 1.89. The fourth-order valence-corrected chi connectivity index (χ4v) is 5.05. The summed E-state index contributed by atoms with van der Waals surface area (Å²) in [5.74, 6) is 0.135. The summed E-state index contributed by atoms with van der Waals surface area (Å²) < 4.78 is 4.73. The van der Waals surface area contributed by atoms with Gasteiger partial charge in [0.05, 0.1) is 39.7 Å². The second-order valence-electron chi connectivity index (χ2n) is 8.52. The third-order valence-electron chi connectivity index (χ3n) is 6.62. The van der Waals surface area contributed by atoms with E-state index in [9.17, 15) is 14.7 Å². The van der Waals surface area contributed by atoms with Gasteiger partial charge in [0, 0.05) is 19.7 Å².